The van der Waals surface area contributed by atoms with Crippen LogP contribution in [0.15, 0.2) is 48.5 Å². The predicted molar refractivity (Wildman–Crippen MR) is 75.0 cm³/mol. The number of nitriles is 1. The van der Waals surface area contributed by atoms with Gasteiger partial charge in [-0.25, -0.2) is 4.79 Å². The van der Waals surface area contributed by atoms with Gasteiger partial charge in [-0.3, -0.25) is 0 Å². The smallest absolute Gasteiger partial charge is 0.337 e. The number of carboxylic acids is 1. The Hall–Kier alpha value is -2.68. The van der Waals surface area contributed by atoms with Crippen molar-refractivity contribution in [1.29, 1.82) is 5.26 Å². The highest BCUT2D eigenvalue weighted by Gasteiger charge is 2.19. The second-order valence-electron chi connectivity index (χ2n) is 4.48. The highest BCUT2D eigenvalue weighted by atomic mass is 16.4. The molecule has 0 spiro atoms. The second-order valence-corrected chi connectivity index (χ2v) is 4.48. The van der Waals surface area contributed by atoms with Gasteiger partial charge < -0.3 is 15.3 Å². The van der Waals surface area contributed by atoms with E-state index in [1.165, 1.54) is 0 Å². The summed E-state index contributed by atoms with van der Waals surface area (Å²) >= 11 is 0. The van der Waals surface area contributed by atoms with Crippen molar-refractivity contribution in [2.75, 3.05) is 0 Å². The predicted octanol–water partition coefficient (Wildman–Crippen LogP) is 2.03. The fourth-order valence-electron chi connectivity index (χ4n) is 2.05. The summed E-state index contributed by atoms with van der Waals surface area (Å²) < 4.78 is 0. The molecule has 0 amide bonds. The van der Waals surface area contributed by atoms with E-state index in [9.17, 15) is 15.0 Å². The van der Waals surface area contributed by atoms with Gasteiger partial charge in [0, 0.05) is 0 Å². The fourth-order valence-corrected chi connectivity index (χ4v) is 2.05. The van der Waals surface area contributed by atoms with Crippen LogP contribution in [0.1, 0.15) is 23.3 Å². The Labute approximate surface area is 121 Å². The molecule has 2 aromatic rings. The first-order valence-electron chi connectivity index (χ1n) is 6.22. The molecule has 0 heterocycles. The van der Waals surface area contributed by atoms with Crippen LogP contribution in [0.5, 0.6) is 0 Å². The van der Waals surface area contributed by atoms with Crippen molar-refractivity contribution < 1.29 is 20.1 Å². The van der Waals surface area contributed by atoms with E-state index in [1.54, 1.807) is 54.6 Å². The first kappa shape index (κ1) is 14.7. The molecule has 3 N–H and O–H groups in total. The van der Waals surface area contributed by atoms with Gasteiger partial charge in [0.05, 0.1) is 6.07 Å². The molecule has 0 fully saturated rings. The van der Waals surface area contributed by atoms with Crippen molar-refractivity contribution in [3.05, 3.63) is 59.7 Å². The Morgan fingerprint density at radius 3 is 2.24 bits per heavy atom. The highest BCUT2D eigenvalue weighted by molar-refractivity contribution is 5.79. The number of hydrogen-bond acceptors (Lipinski definition) is 4. The summed E-state index contributed by atoms with van der Waals surface area (Å²) in [5.74, 6) is -1.32. The minimum Gasteiger partial charge on any atom is -0.479 e. The quantitative estimate of drug-likeness (QED) is 0.745. The van der Waals surface area contributed by atoms with E-state index in [0.717, 1.165) is 0 Å². The van der Waals surface area contributed by atoms with Gasteiger partial charge in [-0.2, -0.15) is 5.26 Å². The first-order chi connectivity index (χ1) is 10.0. The Morgan fingerprint density at radius 1 is 1.05 bits per heavy atom. The van der Waals surface area contributed by atoms with Gasteiger partial charge >= 0.3 is 5.97 Å². The van der Waals surface area contributed by atoms with Gasteiger partial charge in [0.2, 0.25) is 0 Å². The van der Waals surface area contributed by atoms with Crippen LogP contribution in [0.3, 0.4) is 0 Å². The number of nitrogens with zero attached hydrogens (tertiary/aromatic N) is 1. The van der Waals surface area contributed by atoms with Crippen LogP contribution in [0.2, 0.25) is 0 Å². The maximum absolute atomic E-state index is 10.9. The fraction of sp³-hybridized carbons (Fsp3) is 0.125. The van der Waals surface area contributed by atoms with E-state index < -0.39 is 18.2 Å². The Bertz CT molecular complexity index is 688. The molecule has 2 unspecified atom stereocenters. The minimum absolute atomic E-state index is 0.290. The Balaban J connectivity index is 2.43. The average Bonchev–Trinajstić information content (AvgIpc) is 2.53. The van der Waals surface area contributed by atoms with E-state index >= 15 is 0 Å². The SMILES string of the molecule is N#CC(O)c1ccc(-c2ccccc2C(O)C(=O)O)cc1. The molecule has 0 aliphatic carbocycles. The van der Waals surface area contributed by atoms with Crippen LogP contribution in [0.25, 0.3) is 11.1 Å². The molecule has 0 radical (unpaired) electrons. The van der Waals surface area contributed by atoms with Crippen molar-refractivity contribution in [2.45, 2.75) is 12.2 Å². The molecular weight excluding hydrogens is 270 g/mol. The van der Waals surface area contributed by atoms with Crippen molar-refractivity contribution in [3.63, 3.8) is 0 Å². The molecule has 21 heavy (non-hydrogen) atoms. The third-order valence-electron chi connectivity index (χ3n) is 3.15. The Morgan fingerprint density at radius 2 is 1.67 bits per heavy atom. The highest BCUT2D eigenvalue weighted by Crippen LogP contribution is 2.29. The topological polar surface area (TPSA) is 102 Å². The molecule has 2 aromatic carbocycles. The number of aliphatic carboxylic acids is 1. The van der Waals surface area contributed by atoms with E-state index in [-0.39, 0.29) is 0 Å². The number of carbonyl (C=O) groups is 1. The van der Waals surface area contributed by atoms with Crippen LogP contribution in [0.4, 0.5) is 0 Å². The zero-order chi connectivity index (χ0) is 15.4. The zero-order valence-corrected chi connectivity index (χ0v) is 11.0. The van der Waals surface area contributed by atoms with E-state index in [1.807, 2.05) is 0 Å². The standard InChI is InChI=1S/C16H13NO4/c17-9-14(18)11-7-5-10(6-8-11)12-3-1-2-4-13(12)15(19)16(20)21/h1-8,14-15,18-19H,(H,20,21). The van der Waals surface area contributed by atoms with Gasteiger partial charge in [-0.05, 0) is 22.3 Å². The molecular formula is C16H13NO4. The number of aliphatic hydroxyl groups is 2. The van der Waals surface area contributed by atoms with Gasteiger partial charge in [0.15, 0.2) is 12.2 Å². The maximum Gasteiger partial charge on any atom is 0.337 e. The van der Waals surface area contributed by atoms with Gasteiger partial charge in [0.25, 0.3) is 0 Å². The molecule has 2 atom stereocenters. The summed E-state index contributed by atoms with van der Waals surface area (Å²) in [5, 5.41) is 36.8. The summed E-state index contributed by atoms with van der Waals surface area (Å²) in [5.41, 5.74) is 2.03. The summed E-state index contributed by atoms with van der Waals surface area (Å²) in [6, 6.07) is 14.9. The number of benzene rings is 2. The van der Waals surface area contributed by atoms with Crippen LogP contribution in [-0.2, 0) is 4.79 Å². The van der Waals surface area contributed by atoms with Crippen LogP contribution in [-0.4, -0.2) is 21.3 Å². The summed E-state index contributed by atoms with van der Waals surface area (Å²) in [4.78, 5) is 10.9. The molecule has 0 aromatic heterocycles. The van der Waals surface area contributed by atoms with E-state index in [4.69, 9.17) is 10.4 Å². The van der Waals surface area contributed by atoms with Crippen LogP contribution in [0, 0.1) is 11.3 Å². The Kier molecular flexibility index (Phi) is 4.33. The molecule has 0 bridgehead atoms. The van der Waals surface area contributed by atoms with Crippen molar-refractivity contribution in [2.24, 2.45) is 0 Å². The molecule has 106 valence electrons. The number of aliphatic hydroxyl groups excluding tert-OH is 2. The largest absolute Gasteiger partial charge is 0.479 e. The van der Waals surface area contributed by atoms with Crippen molar-refractivity contribution in [1.82, 2.24) is 0 Å². The number of hydrogen-bond donors (Lipinski definition) is 3. The lowest BCUT2D eigenvalue weighted by molar-refractivity contribution is -0.146. The van der Waals surface area contributed by atoms with Gasteiger partial charge in [0.1, 0.15) is 0 Å². The maximum atomic E-state index is 10.9. The van der Waals surface area contributed by atoms with E-state index in [0.29, 0.717) is 22.3 Å². The van der Waals surface area contributed by atoms with Crippen LogP contribution >= 0.6 is 0 Å². The lowest BCUT2D eigenvalue weighted by Gasteiger charge is -2.13. The van der Waals surface area contributed by atoms with Gasteiger partial charge in [-0.15, -0.1) is 0 Å². The summed E-state index contributed by atoms with van der Waals surface area (Å²) in [7, 11) is 0. The van der Waals surface area contributed by atoms with E-state index in [2.05, 4.69) is 0 Å². The summed E-state index contributed by atoms with van der Waals surface area (Å²) in [6.45, 7) is 0. The van der Waals surface area contributed by atoms with Gasteiger partial charge in [-0.1, -0.05) is 48.5 Å². The molecule has 2 rings (SSSR count). The molecule has 5 heteroatoms. The molecule has 0 aliphatic heterocycles. The monoisotopic (exact) mass is 283 g/mol. The van der Waals surface area contributed by atoms with Crippen molar-refractivity contribution in [3.8, 4) is 17.2 Å². The van der Waals surface area contributed by atoms with Crippen molar-refractivity contribution >= 4 is 5.97 Å². The number of rotatable bonds is 4. The lowest BCUT2D eigenvalue weighted by atomic mass is 9.95. The normalized spacial score (nSPS) is 13.2. The van der Waals surface area contributed by atoms with Crippen LogP contribution < -0.4 is 0 Å². The molecule has 0 saturated carbocycles. The number of carboxylic acid groups (broad SMARTS) is 1. The second kappa shape index (κ2) is 6.18. The molecule has 0 saturated heterocycles. The minimum atomic E-state index is -1.61. The zero-order valence-electron chi connectivity index (χ0n) is 11.0. The summed E-state index contributed by atoms with van der Waals surface area (Å²) in [6.07, 6.45) is -2.80. The first-order valence-corrected chi connectivity index (χ1v) is 6.22. The molecule has 0 aliphatic rings. The average molecular weight is 283 g/mol. The third-order valence-corrected chi connectivity index (χ3v) is 3.15. The molecule has 5 nitrogen and oxygen atoms in total. The lowest BCUT2D eigenvalue weighted by Crippen LogP contribution is -2.11. The third kappa shape index (κ3) is 3.08.